The van der Waals surface area contributed by atoms with Crippen molar-refractivity contribution >= 4 is 23.2 Å². The van der Waals surface area contributed by atoms with Crippen LogP contribution < -0.4 is 10.6 Å². The molecule has 3 aromatic rings. The number of amides is 2. The van der Waals surface area contributed by atoms with E-state index in [1.54, 1.807) is 24.3 Å². The van der Waals surface area contributed by atoms with Gasteiger partial charge in [-0.15, -0.1) is 0 Å². The number of nitrogens with zero attached hydrogens (tertiary/aromatic N) is 2. The van der Waals surface area contributed by atoms with Crippen LogP contribution in [0, 0.1) is 23.0 Å². The fraction of sp³-hybridized carbons (Fsp3) is 0. The van der Waals surface area contributed by atoms with Crippen LogP contribution in [-0.4, -0.2) is 16.8 Å². The molecule has 28 heavy (non-hydrogen) atoms. The smallest absolute Gasteiger partial charge is 0.274 e. The lowest BCUT2D eigenvalue weighted by Gasteiger charge is -2.09. The molecule has 0 aliphatic carbocycles. The number of nitrogens with one attached hydrogen (secondary N) is 2. The number of nitriles is 1. The van der Waals surface area contributed by atoms with Gasteiger partial charge >= 0.3 is 0 Å². The Labute approximate surface area is 158 Å². The molecule has 0 unspecified atom stereocenters. The van der Waals surface area contributed by atoms with Gasteiger partial charge in [-0.2, -0.15) is 5.26 Å². The molecule has 2 amide bonds. The van der Waals surface area contributed by atoms with E-state index in [1.165, 1.54) is 24.4 Å². The monoisotopic (exact) mass is 378 g/mol. The molecule has 6 nitrogen and oxygen atoms in total. The molecule has 1 heterocycles. The Morgan fingerprint density at radius 1 is 0.929 bits per heavy atom. The van der Waals surface area contributed by atoms with Crippen LogP contribution in [0.5, 0.6) is 0 Å². The highest BCUT2D eigenvalue weighted by Crippen LogP contribution is 2.19. The van der Waals surface area contributed by atoms with E-state index in [0.29, 0.717) is 5.69 Å². The maximum absolute atomic E-state index is 13.7. The molecule has 138 valence electrons. The average Bonchev–Trinajstić information content (AvgIpc) is 2.71. The lowest BCUT2D eigenvalue weighted by Crippen LogP contribution is -2.18. The van der Waals surface area contributed by atoms with Crippen molar-refractivity contribution in [3.63, 3.8) is 0 Å². The van der Waals surface area contributed by atoms with Gasteiger partial charge in [0.05, 0.1) is 11.3 Å². The Balaban J connectivity index is 1.81. The van der Waals surface area contributed by atoms with Gasteiger partial charge in [0.2, 0.25) is 0 Å². The van der Waals surface area contributed by atoms with Crippen molar-refractivity contribution in [2.75, 3.05) is 10.6 Å². The summed E-state index contributed by atoms with van der Waals surface area (Å²) in [6.07, 6.45) is 1.22. The first-order chi connectivity index (χ1) is 13.5. The first-order valence-electron chi connectivity index (χ1n) is 8.01. The normalized spacial score (nSPS) is 10.0. The highest BCUT2D eigenvalue weighted by Gasteiger charge is 2.16. The maximum atomic E-state index is 13.7. The number of aromatic nitrogens is 1. The van der Waals surface area contributed by atoms with Crippen molar-refractivity contribution in [1.82, 2.24) is 4.98 Å². The van der Waals surface area contributed by atoms with E-state index in [2.05, 4.69) is 15.6 Å². The highest BCUT2D eigenvalue weighted by atomic mass is 19.1. The number of halogens is 2. The first kappa shape index (κ1) is 18.7. The number of hydrogen-bond donors (Lipinski definition) is 2. The van der Waals surface area contributed by atoms with Crippen LogP contribution in [0.3, 0.4) is 0 Å². The predicted octanol–water partition coefficient (Wildman–Crippen LogP) is 3.74. The maximum Gasteiger partial charge on any atom is 0.274 e. The largest absolute Gasteiger partial charge is 0.321 e. The second-order valence-electron chi connectivity index (χ2n) is 5.59. The fourth-order valence-corrected chi connectivity index (χ4v) is 2.37. The van der Waals surface area contributed by atoms with E-state index in [-0.39, 0.29) is 16.8 Å². The molecule has 0 radical (unpaired) electrons. The van der Waals surface area contributed by atoms with Gasteiger partial charge in [0.25, 0.3) is 11.8 Å². The fourth-order valence-electron chi connectivity index (χ4n) is 2.37. The minimum atomic E-state index is -0.935. The standard InChI is InChI=1S/C20H12F2N4O2/c21-14-5-3-6-15(22)18(14)26-20(28)17-10-12(8-9-24-17)19(27)25-16-7-2-1-4-13(16)11-23/h1-10H,(H,25,27)(H,26,28). The van der Waals surface area contributed by atoms with Crippen molar-refractivity contribution in [3.05, 3.63) is 89.2 Å². The Bertz CT molecular complexity index is 1090. The number of pyridine rings is 1. The Morgan fingerprint density at radius 2 is 1.64 bits per heavy atom. The molecular weight excluding hydrogens is 366 g/mol. The number of carbonyl (C=O) groups is 2. The van der Waals surface area contributed by atoms with Gasteiger partial charge in [0.15, 0.2) is 0 Å². The van der Waals surface area contributed by atoms with Crippen LogP contribution in [0.1, 0.15) is 26.4 Å². The second-order valence-corrected chi connectivity index (χ2v) is 5.59. The average molecular weight is 378 g/mol. The van der Waals surface area contributed by atoms with Gasteiger partial charge < -0.3 is 10.6 Å². The van der Waals surface area contributed by atoms with Crippen LogP contribution >= 0.6 is 0 Å². The van der Waals surface area contributed by atoms with Crippen molar-refractivity contribution < 1.29 is 18.4 Å². The number of anilines is 2. The lowest BCUT2D eigenvalue weighted by atomic mass is 10.1. The topological polar surface area (TPSA) is 94.9 Å². The Kier molecular flexibility index (Phi) is 5.37. The number of para-hydroxylation sites is 2. The van der Waals surface area contributed by atoms with Crippen LogP contribution in [-0.2, 0) is 0 Å². The SMILES string of the molecule is N#Cc1ccccc1NC(=O)c1ccnc(C(=O)Nc2c(F)cccc2F)c1. The zero-order valence-electron chi connectivity index (χ0n) is 14.2. The number of benzene rings is 2. The Hall–Kier alpha value is -4.12. The number of hydrogen-bond acceptors (Lipinski definition) is 4. The van der Waals surface area contributed by atoms with Crippen LogP contribution in [0.4, 0.5) is 20.2 Å². The zero-order chi connectivity index (χ0) is 20.1. The molecule has 0 aliphatic heterocycles. The minimum Gasteiger partial charge on any atom is -0.321 e. The quantitative estimate of drug-likeness (QED) is 0.723. The first-order valence-corrected chi connectivity index (χ1v) is 8.01. The van der Waals surface area contributed by atoms with Gasteiger partial charge in [-0.3, -0.25) is 14.6 Å². The molecule has 8 heteroatoms. The van der Waals surface area contributed by atoms with E-state index >= 15 is 0 Å². The summed E-state index contributed by atoms with van der Waals surface area (Å²) in [6, 6.07) is 14.1. The molecule has 0 aliphatic rings. The van der Waals surface area contributed by atoms with Crippen molar-refractivity contribution in [3.8, 4) is 6.07 Å². The van der Waals surface area contributed by atoms with Crippen LogP contribution in [0.25, 0.3) is 0 Å². The summed E-state index contributed by atoms with van der Waals surface area (Å²) < 4.78 is 27.4. The summed E-state index contributed by atoms with van der Waals surface area (Å²) >= 11 is 0. The third-order valence-corrected chi connectivity index (χ3v) is 3.75. The molecular formula is C20H12F2N4O2. The summed E-state index contributed by atoms with van der Waals surface area (Å²) in [6.45, 7) is 0. The molecule has 0 bridgehead atoms. The second kappa shape index (κ2) is 8.05. The summed E-state index contributed by atoms with van der Waals surface area (Å²) in [5.74, 6) is -3.32. The summed E-state index contributed by atoms with van der Waals surface area (Å²) in [5.41, 5.74) is -0.137. The molecule has 1 aromatic heterocycles. The summed E-state index contributed by atoms with van der Waals surface area (Å²) in [5, 5.41) is 13.8. The summed E-state index contributed by atoms with van der Waals surface area (Å²) in [4.78, 5) is 28.5. The van der Waals surface area contributed by atoms with E-state index in [1.807, 2.05) is 6.07 Å². The molecule has 0 saturated heterocycles. The molecule has 0 fully saturated rings. The number of rotatable bonds is 4. The Morgan fingerprint density at radius 3 is 2.36 bits per heavy atom. The van der Waals surface area contributed by atoms with Gasteiger partial charge in [-0.1, -0.05) is 18.2 Å². The third kappa shape index (κ3) is 3.99. The van der Waals surface area contributed by atoms with Crippen molar-refractivity contribution in [1.29, 1.82) is 5.26 Å². The molecule has 2 N–H and O–H groups in total. The van der Waals surface area contributed by atoms with E-state index < -0.39 is 29.1 Å². The molecule has 0 saturated carbocycles. The van der Waals surface area contributed by atoms with E-state index in [9.17, 15) is 18.4 Å². The third-order valence-electron chi connectivity index (χ3n) is 3.75. The van der Waals surface area contributed by atoms with Crippen molar-refractivity contribution in [2.24, 2.45) is 0 Å². The molecule has 3 rings (SSSR count). The molecule has 0 atom stereocenters. The van der Waals surface area contributed by atoms with Crippen molar-refractivity contribution in [2.45, 2.75) is 0 Å². The highest BCUT2D eigenvalue weighted by molar-refractivity contribution is 6.08. The van der Waals surface area contributed by atoms with Crippen LogP contribution in [0.15, 0.2) is 60.8 Å². The lowest BCUT2D eigenvalue weighted by molar-refractivity contribution is 0.102. The number of carbonyl (C=O) groups excluding carboxylic acids is 2. The predicted molar refractivity (Wildman–Crippen MR) is 97.7 cm³/mol. The molecule has 0 spiro atoms. The molecule has 2 aromatic carbocycles. The van der Waals surface area contributed by atoms with Gasteiger partial charge in [-0.25, -0.2) is 8.78 Å². The van der Waals surface area contributed by atoms with Gasteiger partial charge in [0, 0.05) is 11.8 Å². The zero-order valence-corrected chi connectivity index (χ0v) is 14.2. The van der Waals surface area contributed by atoms with Gasteiger partial charge in [0.1, 0.15) is 29.1 Å². The van der Waals surface area contributed by atoms with Gasteiger partial charge in [-0.05, 0) is 36.4 Å². The van der Waals surface area contributed by atoms with E-state index in [0.717, 1.165) is 12.1 Å². The summed E-state index contributed by atoms with van der Waals surface area (Å²) in [7, 11) is 0. The van der Waals surface area contributed by atoms with Crippen LogP contribution in [0.2, 0.25) is 0 Å². The van der Waals surface area contributed by atoms with E-state index in [4.69, 9.17) is 5.26 Å². The minimum absolute atomic E-state index is 0.0851.